The van der Waals surface area contributed by atoms with E-state index >= 15 is 0 Å². The molecule has 0 saturated carbocycles. The molecule has 0 spiro atoms. The van der Waals surface area contributed by atoms with Gasteiger partial charge in [0.05, 0.1) is 13.2 Å². The summed E-state index contributed by atoms with van der Waals surface area (Å²) < 4.78 is 46.0. The average molecular weight is 309 g/mol. The highest BCUT2D eigenvalue weighted by atomic mass is 19.4. The molecule has 1 atom stereocenters. The molecule has 0 saturated heterocycles. The van der Waals surface area contributed by atoms with E-state index in [1.807, 2.05) is 18.2 Å². The third kappa shape index (κ3) is 3.10. The molecule has 1 unspecified atom stereocenters. The minimum absolute atomic E-state index is 0.0844. The van der Waals surface area contributed by atoms with Crippen molar-refractivity contribution in [3.05, 3.63) is 53.6 Å². The van der Waals surface area contributed by atoms with Gasteiger partial charge >= 0.3 is 6.36 Å². The molecule has 116 valence electrons. The molecule has 22 heavy (non-hydrogen) atoms. The molecule has 0 bridgehead atoms. The minimum Gasteiger partial charge on any atom is -0.497 e. The zero-order valence-corrected chi connectivity index (χ0v) is 11.8. The molecule has 0 aromatic heterocycles. The Kier molecular flexibility index (Phi) is 3.60. The Morgan fingerprint density at radius 2 is 1.91 bits per heavy atom. The van der Waals surface area contributed by atoms with E-state index in [2.05, 4.69) is 10.1 Å². The molecule has 1 heterocycles. The van der Waals surface area contributed by atoms with Crippen LogP contribution < -0.4 is 14.8 Å². The van der Waals surface area contributed by atoms with Gasteiger partial charge in [-0.05, 0) is 35.7 Å². The van der Waals surface area contributed by atoms with Crippen LogP contribution >= 0.6 is 0 Å². The SMILES string of the molecule is COc1ccc2c(c1)NC(c1cccc(OC(F)(F)F)c1)C2. The van der Waals surface area contributed by atoms with E-state index in [4.69, 9.17) is 4.74 Å². The Morgan fingerprint density at radius 1 is 1.09 bits per heavy atom. The Labute approximate surface area is 125 Å². The normalized spacial score (nSPS) is 16.8. The molecule has 1 aliphatic heterocycles. The van der Waals surface area contributed by atoms with Crippen LogP contribution in [0, 0.1) is 0 Å². The van der Waals surface area contributed by atoms with Crippen LogP contribution in [0.3, 0.4) is 0 Å². The van der Waals surface area contributed by atoms with E-state index in [-0.39, 0.29) is 11.8 Å². The summed E-state index contributed by atoms with van der Waals surface area (Å²) in [5.74, 6) is 0.529. The number of rotatable bonds is 3. The molecule has 3 nitrogen and oxygen atoms in total. The smallest absolute Gasteiger partial charge is 0.497 e. The van der Waals surface area contributed by atoms with Crippen LogP contribution in [0.15, 0.2) is 42.5 Å². The van der Waals surface area contributed by atoms with Gasteiger partial charge in [-0.2, -0.15) is 0 Å². The van der Waals surface area contributed by atoms with Gasteiger partial charge in [-0.15, -0.1) is 13.2 Å². The van der Waals surface area contributed by atoms with Gasteiger partial charge in [-0.3, -0.25) is 0 Å². The molecule has 0 radical (unpaired) electrons. The maximum absolute atomic E-state index is 12.3. The maximum atomic E-state index is 12.3. The number of hydrogen-bond donors (Lipinski definition) is 1. The molecular weight excluding hydrogens is 295 g/mol. The number of benzene rings is 2. The van der Waals surface area contributed by atoms with Crippen molar-refractivity contribution in [2.24, 2.45) is 0 Å². The van der Waals surface area contributed by atoms with E-state index in [9.17, 15) is 13.2 Å². The fourth-order valence-electron chi connectivity index (χ4n) is 2.58. The van der Waals surface area contributed by atoms with Crippen LogP contribution in [-0.2, 0) is 6.42 Å². The van der Waals surface area contributed by atoms with Crippen molar-refractivity contribution in [1.82, 2.24) is 0 Å². The van der Waals surface area contributed by atoms with Gasteiger partial charge in [0.2, 0.25) is 0 Å². The van der Waals surface area contributed by atoms with Crippen LogP contribution in [0.1, 0.15) is 17.2 Å². The standard InChI is InChI=1S/C16H14F3NO2/c1-21-12-6-5-11-8-14(20-15(11)9-12)10-3-2-4-13(7-10)22-16(17,18)19/h2-7,9,14,20H,8H2,1H3. The second-order valence-electron chi connectivity index (χ2n) is 5.04. The second-order valence-corrected chi connectivity index (χ2v) is 5.04. The zero-order chi connectivity index (χ0) is 15.7. The first-order chi connectivity index (χ1) is 10.4. The van der Waals surface area contributed by atoms with Crippen molar-refractivity contribution in [3.8, 4) is 11.5 Å². The number of nitrogens with one attached hydrogen (secondary N) is 1. The molecule has 3 rings (SSSR count). The highest BCUT2D eigenvalue weighted by Gasteiger charge is 2.31. The quantitative estimate of drug-likeness (QED) is 0.917. The number of fused-ring (bicyclic) bond motifs is 1. The summed E-state index contributed by atoms with van der Waals surface area (Å²) >= 11 is 0. The van der Waals surface area contributed by atoms with Crippen molar-refractivity contribution in [2.75, 3.05) is 12.4 Å². The van der Waals surface area contributed by atoms with Crippen LogP contribution in [0.25, 0.3) is 0 Å². The fraction of sp³-hybridized carbons (Fsp3) is 0.250. The van der Waals surface area contributed by atoms with Crippen molar-refractivity contribution in [2.45, 2.75) is 18.8 Å². The van der Waals surface area contributed by atoms with Crippen LogP contribution in [0.5, 0.6) is 11.5 Å². The lowest BCUT2D eigenvalue weighted by Crippen LogP contribution is -2.17. The third-order valence-corrected chi connectivity index (χ3v) is 3.56. The van der Waals surface area contributed by atoms with E-state index < -0.39 is 6.36 Å². The topological polar surface area (TPSA) is 30.5 Å². The summed E-state index contributed by atoms with van der Waals surface area (Å²) in [7, 11) is 1.59. The van der Waals surface area contributed by atoms with Gasteiger partial charge in [0.1, 0.15) is 11.5 Å². The number of ether oxygens (including phenoxy) is 2. The third-order valence-electron chi connectivity index (χ3n) is 3.56. The summed E-state index contributed by atoms with van der Waals surface area (Å²) in [5, 5.41) is 3.30. The average Bonchev–Trinajstić information content (AvgIpc) is 2.88. The molecule has 0 aliphatic carbocycles. The van der Waals surface area contributed by atoms with Crippen LogP contribution in [0.4, 0.5) is 18.9 Å². The monoisotopic (exact) mass is 309 g/mol. The molecule has 0 amide bonds. The van der Waals surface area contributed by atoms with Crippen molar-refractivity contribution in [3.63, 3.8) is 0 Å². The highest BCUT2D eigenvalue weighted by molar-refractivity contribution is 5.61. The molecule has 1 aliphatic rings. The summed E-state index contributed by atoms with van der Waals surface area (Å²) in [4.78, 5) is 0. The van der Waals surface area contributed by atoms with E-state index in [1.54, 1.807) is 19.2 Å². The first-order valence-electron chi connectivity index (χ1n) is 6.74. The maximum Gasteiger partial charge on any atom is 0.573 e. The Morgan fingerprint density at radius 3 is 2.64 bits per heavy atom. The summed E-state index contributed by atoms with van der Waals surface area (Å²) in [6.07, 6.45) is -3.98. The number of halogens is 3. The predicted molar refractivity (Wildman–Crippen MR) is 76.2 cm³/mol. The van der Waals surface area contributed by atoms with Crippen LogP contribution in [-0.4, -0.2) is 13.5 Å². The van der Waals surface area contributed by atoms with Crippen molar-refractivity contribution >= 4 is 5.69 Å². The molecule has 1 N–H and O–H groups in total. The Balaban J connectivity index is 1.80. The second kappa shape index (κ2) is 5.44. The highest BCUT2D eigenvalue weighted by Crippen LogP contribution is 2.37. The molecule has 2 aromatic carbocycles. The van der Waals surface area contributed by atoms with Gasteiger partial charge in [0.15, 0.2) is 0 Å². The minimum atomic E-state index is -4.68. The van der Waals surface area contributed by atoms with Crippen LogP contribution in [0.2, 0.25) is 0 Å². The van der Waals surface area contributed by atoms with E-state index in [1.165, 1.54) is 12.1 Å². The van der Waals surface area contributed by atoms with Gasteiger partial charge < -0.3 is 14.8 Å². The zero-order valence-electron chi connectivity index (χ0n) is 11.8. The van der Waals surface area contributed by atoms with E-state index in [0.717, 1.165) is 22.6 Å². The first kappa shape index (κ1) is 14.6. The van der Waals surface area contributed by atoms with Crippen molar-refractivity contribution in [1.29, 1.82) is 0 Å². The Bertz CT molecular complexity index is 685. The number of hydrogen-bond acceptors (Lipinski definition) is 3. The lowest BCUT2D eigenvalue weighted by Gasteiger charge is -2.14. The molecular formula is C16H14F3NO2. The molecule has 0 fully saturated rings. The molecule has 2 aromatic rings. The van der Waals surface area contributed by atoms with E-state index in [0.29, 0.717) is 6.42 Å². The first-order valence-corrected chi connectivity index (χ1v) is 6.74. The number of alkyl halides is 3. The summed E-state index contributed by atoms with van der Waals surface area (Å²) in [6.45, 7) is 0. The number of methoxy groups -OCH3 is 1. The lowest BCUT2D eigenvalue weighted by atomic mass is 10.0. The predicted octanol–water partition coefficient (Wildman–Crippen LogP) is 4.30. The van der Waals surface area contributed by atoms with Gasteiger partial charge in [0.25, 0.3) is 0 Å². The van der Waals surface area contributed by atoms with Gasteiger partial charge in [-0.25, -0.2) is 0 Å². The molecule has 6 heteroatoms. The summed E-state index contributed by atoms with van der Waals surface area (Å²) in [6, 6.07) is 11.7. The fourth-order valence-corrected chi connectivity index (χ4v) is 2.58. The number of anilines is 1. The summed E-state index contributed by atoms with van der Waals surface area (Å²) in [5.41, 5.74) is 2.79. The Hall–Kier alpha value is -2.37. The van der Waals surface area contributed by atoms with Gasteiger partial charge in [-0.1, -0.05) is 18.2 Å². The largest absolute Gasteiger partial charge is 0.573 e. The lowest BCUT2D eigenvalue weighted by molar-refractivity contribution is -0.274. The van der Waals surface area contributed by atoms with Gasteiger partial charge in [0, 0.05) is 11.8 Å². The van der Waals surface area contributed by atoms with Crippen molar-refractivity contribution < 1.29 is 22.6 Å².